The number of nitrogens with zero attached hydrogens (tertiary/aromatic N) is 4. The molecule has 0 aliphatic carbocycles. The summed E-state index contributed by atoms with van der Waals surface area (Å²) in [4.78, 5) is 24.6. The van der Waals surface area contributed by atoms with Crippen LogP contribution in [0.25, 0.3) is 16.8 Å². The smallest absolute Gasteiger partial charge is 0.420 e. The first-order chi connectivity index (χ1) is 14.0. The molecule has 0 aliphatic rings. The molecular formula is C20H19N5O4. The lowest BCUT2D eigenvalue weighted by Crippen LogP contribution is -2.37. The number of oxazole rings is 1. The molecule has 29 heavy (non-hydrogen) atoms. The van der Waals surface area contributed by atoms with Crippen molar-refractivity contribution in [1.29, 1.82) is 0 Å². The molecule has 0 bridgehead atoms. The Balaban J connectivity index is 1.45. The molecule has 0 saturated carbocycles. The van der Waals surface area contributed by atoms with Crippen LogP contribution in [-0.2, 0) is 6.54 Å². The quantitative estimate of drug-likeness (QED) is 0.537. The lowest BCUT2D eigenvalue weighted by atomic mass is 10.3. The molecule has 2 heterocycles. The van der Waals surface area contributed by atoms with Gasteiger partial charge >= 0.3 is 5.76 Å². The Morgan fingerprint density at radius 2 is 1.97 bits per heavy atom. The third-order valence-electron chi connectivity index (χ3n) is 4.47. The number of hydrogen-bond donors (Lipinski definition) is 1. The Bertz CT molecular complexity index is 1210. The maximum absolute atomic E-state index is 12.5. The van der Waals surface area contributed by atoms with Gasteiger partial charge < -0.3 is 14.5 Å². The summed E-state index contributed by atoms with van der Waals surface area (Å²) in [5.41, 5.74) is 2.13. The SMILES string of the molecule is COc1ccc(-n2cc(C(=O)N[C@H](C)Cn3c(=O)oc4ccccc43)nn2)cc1. The zero-order valence-corrected chi connectivity index (χ0v) is 15.9. The molecule has 1 amide bonds. The first-order valence-electron chi connectivity index (χ1n) is 9.01. The van der Waals surface area contributed by atoms with E-state index in [1.807, 2.05) is 18.2 Å². The van der Waals surface area contributed by atoms with Gasteiger partial charge in [-0.15, -0.1) is 5.10 Å². The van der Waals surface area contributed by atoms with Crippen molar-refractivity contribution in [1.82, 2.24) is 24.9 Å². The van der Waals surface area contributed by atoms with Gasteiger partial charge in [0.15, 0.2) is 11.3 Å². The number of nitrogens with one attached hydrogen (secondary N) is 1. The van der Waals surface area contributed by atoms with E-state index in [1.54, 1.807) is 50.6 Å². The molecule has 0 saturated heterocycles. The lowest BCUT2D eigenvalue weighted by Gasteiger charge is -2.13. The first kappa shape index (κ1) is 18.5. The molecule has 9 nitrogen and oxygen atoms in total. The molecule has 0 radical (unpaired) electrons. The second-order valence-corrected chi connectivity index (χ2v) is 6.57. The van der Waals surface area contributed by atoms with Crippen molar-refractivity contribution in [2.75, 3.05) is 7.11 Å². The average molecular weight is 393 g/mol. The van der Waals surface area contributed by atoms with Crippen molar-refractivity contribution in [2.45, 2.75) is 19.5 Å². The summed E-state index contributed by atoms with van der Waals surface area (Å²) in [6, 6.07) is 14.1. The number of rotatable bonds is 6. The number of aromatic nitrogens is 4. The maximum Gasteiger partial charge on any atom is 0.420 e. The van der Waals surface area contributed by atoms with Crippen molar-refractivity contribution in [3.8, 4) is 11.4 Å². The van der Waals surface area contributed by atoms with Gasteiger partial charge in [-0.3, -0.25) is 9.36 Å². The van der Waals surface area contributed by atoms with E-state index in [0.29, 0.717) is 11.1 Å². The predicted molar refractivity (Wildman–Crippen MR) is 105 cm³/mol. The van der Waals surface area contributed by atoms with E-state index in [4.69, 9.17) is 9.15 Å². The van der Waals surface area contributed by atoms with Gasteiger partial charge in [0.2, 0.25) is 0 Å². The number of carbonyl (C=O) groups is 1. The highest BCUT2D eigenvalue weighted by Crippen LogP contribution is 2.14. The van der Waals surface area contributed by atoms with Crippen molar-refractivity contribution in [2.24, 2.45) is 0 Å². The Morgan fingerprint density at radius 3 is 2.72 bits per heavy atom. The minimum atomic E-state index is -0.460. The number of benzene rings is 2. The van der Waals surface area contributed by atoms with E-state index in [2.05, 4.69) is 15.6 Å². The molecule has 1 atom stereocenters. The van der Waals surface area contributed by atoms with Crippen LogP contribution in [0.5, 0.6) is 5.75 Å². The van der Waals surface area contributed by atoms with Gasteiger partial charge in [-0.1, -0.05) is 17.3 Å². The first-order valence-corrected chi connectivity index (χ1v) is 9.01. The molecule has 0 aliphatic heterocycles. The highest BCUT2D eigenvalue weighted by atomic mass is 16.5. The molecule has 9 heteroatoms. The highest BCUT2D eigenvalue weighted by Gasteiger charge is 2.17. The maximum atomic E-state index is 12.5. The van der Waals surface area contributed by atoms with Gasteiger partial charge in [0, 0.05) is 12.6 Å². The summed E-state index contributed by atoms with van der Waals surface area (Å²) in [5, 5.41) is 10.8. The van der Waals surface area contributed by atoms with E-state index < -0.39 is 5.76 Å². The average Bonchev–Trinajstić information content (AvgIpc) is 3.34. The van der Waals surface area contributed by atoms with E-state index in [0.717, 1.165) is 11.4 Å². The molecule has 0 unspecified atom stereocenters. The number of carbonyl (C=O) groups excluding carboxylic acids is 1. The molecule has 2 aromatic carbocycles. The molecule has 0 fully saturated rings. The van der Waals surface area contributed by atoms with Crippen LogP contribution >= 0.6 is 0 Å². The normalized spacial score (nSPS) is 12.1. The van der Waals surface area contributed by atoms with Gasteiger partial charge in [-0.2, -0.15) is 0 Å². The zero-order chi connectivity index (χ0) is 20.4. The summed E-state index contributed by atoms with van der Waals surface area (Å²) in [7, 11) is 1.59. The van der Waals surface area contributed by atoms with Crippen LogP contribution in [0.15, 0.2) is 63.9 Å². The fraction of sp³-hybridized carbons (Fsp3) is 0.200. The number of ether oxygens (including phenoxy) is 1. The van der Waals surface area contributed by atoms with E-state index in [9.17, 15) is 9.59 Å². The number of hydrogen-bond acceptors (Lipinski definition) is 6. The summed E-state index contributed by atoms with van der Waals surface area (Å²) in [6.07, 6.45) is 1.54. The van der Waals surface area contributed by atoms with Gasteiger partial charge in [0.25, 0.3) is 5.91 Å². The summed E-state index contributed by atoms with van der Waals surface area (Å²) in [6.45, 7) is 2.08. The van der Waals surface area contributed by atoms with Crippen LogP contribution in [0.2, 0.25) is 0 Å². The fourth-order valence-electron chi connectivity index (χ4n) is 3.03. The van der Waals surface area contributed by atoms with Gasteiger partial charge in [-0.05, 0) is 43.3 Å². The van der Waals surface area contributed by atoms with E-state index >= 15 is 0 Å². The molecule has 0 spiro atoms. The number of methoxy groups -OCH3 is 1. The minimum absolute atomic E-state index is 0.178. The Labute approximate surface area is 165 Å². The largest absolute Gasteiger partial charge is 0.497 e. The lowest BCUT2D eigenvalue weighted by molar-refractivity contribution is 0.0931. The van der Waals surface area contributed by atoms with E-state index in [1.165, 1.54) is 9.25 Å². The van der Waals surface area contributed by atoms with E-state index in [-0.39, 0.29) is 24.2 Å². The second kappa shape index (κ2) is 7.63. The Morgan fingerprint density at radius 1 is 1.21 bits per heavy atom. The molecular weight excluding hydrogens is 374 g/mol. The summed E-state index contributed by atoms with van der Waals surface area (Å²) in [5.74, 6) is -0.112. The summed E-state index contributed by atoms with van der Waals surface area (Å²) < 4.78 is 13.4. The number of para-hydroxylation sites is 2. The number of amides is 1. The predicted octanol–water partition coefficient (Wildman–Crippen LogP) is 2.00. The van der Waals surface area contributed by atoms with Crippen molar-refractivity contribution in [3.63, 3.8) is 0 Å². The molecule has 148 valence electrons. The van der Waals surface area contributed by atoms with Crippen molar-refractivity contribution < 1.29 is 13.9 Å². The van der Waals surface area contributed by atoms with Gasteiger partial charge in [-0.25, -0.2) is 9.48 Å². The van der Waals surface area contributed by atoms with Crippen molar-refractivity contribution in [3.05, 3.63) is 71.0 Å². The highest BCUT2D eigenvalue weighted by molar-refractivity contribution is 5.92. The molecule has 4 rings (SSSR count). The van der Waals surface area contributed by atoms with Crippen LogP contribution in [0.1, 0.15) is 17.4 Å². The third-order valence-corrected chi connectivity index (χ3v) is 4.47. The van der Waals surface area contributed by atoms with Crippen LogP contribution in [-0.4, -0.2) is 38.6 Å². The zero-order valence-electron chi connectivity index (χ0n) is 15.9. The van der Waals surface area contributed by atoms with Crippen molar-refractivity contribution >= 4 is 17.0 Å². The minimum Gasteiger partial charge on any atom is -0.497 e. The molecule has 4 aromatic rings. The Kier molecular flexibility index (Phi) is 4.86. The summed E-state index contributed by atoms with van der Waals surface area (Å²) >= 11 is 0. The standard InChI is InChI=1S/C20H19N5O4/c1-13(11-24-17-5-3-4-6-18(17)29-20(24)27)21-19(26)16-12-25(23-22-16)14-7-9-15(28-2)10-8-14/h3-10,12-13H,11H2,1-2H3,(H,21,26)/t13-/m1/s1. The molecule has 2 aromatic heterocycles. The van der Waals surface area contributed by atoms with Crippen LogP contribution in [0.3, 0.4) is 0 Å². The number of fused-ring (bicyclic) bond motifs is 1. The Hall–Kier alpha value is -3.88. The van der Waals surface area contributed by atoms with Crippen LogP contribution < -0.4 is 15.8 Å². The fourth-order valence-corrected chi connectivity index (χ4v) is 3.03. The second-order valence-electron chi connectivity index (χ2n) is 6.57. The topological polar surface area (TPSA) is 104 Å². The van der Waals surface area contributed by atoms with Crippen LogP contribution in [0, 0.1) is 0 Å². The molecule has 1 N–H and O–H groups in total. The third kappa shape index (κ3) is 3.75. The monoisotopic (exact) mass is 393 g/mol. The van der Waals surface area contributed by atoms with Gasteiger partial charge in [0.05, 0.1) is 24.5 Å². The van der Waals surface area contributed by atoms with Crippen LogP contribution in [0.4, 0.5) is 0 Å². The van der Waals surface area contributed by atoms with Gasteiger partial charge in [0.1, 0.15) is 5.75 Å².